The number of hydrogen-bond acceptors (Lipinski definition) is 3. The first kappa shape index (κ1) is 15.4. The maximum absolute atomic E-state index is 12.3. The van der Waals surface area contributed by atoms with Gasteiger partial charge in [-0.05, 0) is 19.8 Å². The van der Waals surface area contributed by atoms with Gasteiger partial charge in [-0.15, -0.1) is 0 Å². The standard InChI is InChI=1S/C11H22N2O4S/c1-4-6-12(7-5-2)18(16,17)13-8-11(3,9-13)10(14)15/h4-9H2,1-3H3,(H,14,15). The molecule has 1 aliphatic rings. The van der Waals surface area contributed by atoms with Gasteiger partial charge in [0.25, 0.3) is 10.2 Å². The van der Waals surface area contributed by atoms with E-state index in [1.165, 1.54) is 8.61 Å². The van der Waals surface area contributed by atoms with Gasteiger partial charge in [0.05, 0.1) is 5.41 Å². The normalized spacial score (nSPS) is 19.8. The zero-order valence-electron chi connectivity index (χ0n) is 11.2. The minimum absolute atomic E-state index is 0.0641. The molecule has 106 valence electrons. The fourth-order valence-corrected chi connectivity index (χ4v) is 4.08. The van der Waals surface area contributed by atoms with Crippen LogP contribution < -0.4 is 0 Å². The molecule has 0 bridgehead atoms. The average molecular weight is 278 g/mol. The van der Waals surface area contributed by atoms with Crippen molar-refractivity contribution in [3.63, 3.8) is 0 Å². The molecular weight excluding hydrogens is 256 g/mol. The van der Waals surface area contributed by atoms with Gasteiger partial charge in [-0.2, -0.15) is 17.0 Å². The van der Waals surface area contributed by atoms with Crippen LogP contribution >= 0.6 is 0 Å². The predicted octanol–water partition coefficient (Wildman–Crippen LogP) is 0.760. The molecule has 0 radical (unpaired) electrons. The fraction of sp³-hybridized carbons (Fsp3) is 0.909. The molecule has 1 heterocycles. The third kappa shape index (κ3) is 2.84. The van der Waals surface area contributed by atoms with Crippen LogP contribution in [0.15, 0.2) is 0 Å². The highest BCUT2D eigenvalue weighted by Gasteiger charge is 2.51. The highest BCUT2D eigenvalue weighted by Crippen LogP contribution is 2.33. The smallest absolute Gasteiger partial charge is 0.312 e. The van der Waals surface area contributed by atoms with Crippen molar-refractivity contribution in [3.8, 4) is 0 Å². The molecule has 1 rings (SSSR count). The summed E-state index contributed by atoms with van der Waals surface area (Å²) in [5.41, 5.74) is -0.933. The Bertz CT molecular complexity index is 395. The summed E-state index contributed by atoms with van der Waals surface area (Å²) in [5, 5.41) is 8.99. The molecule has 0 aliphatic carbocycles. The molecule has 0 aromatic carbocycles. The van der Waals surface area contributed by atoms with Crippen molar-refractivity contribution in [3.05, 3.63) is 0 Å². The summed E-state index contributed by atoms with van der Waals surface area (Å²) in [5.74, 6) is -0.938. The van der Waals surface area contributed by atoms with E-state index in [2.05, 4.69) is 0 Å². The molecule has 1 saturated heterocycles. The van der Waals surface area contributed by atoms with E-state index in [-0.39, 0.29) is 13.1 Å². The van der Waals surface area contributed by atoms with Gasteiger partial charge < -0.3 is 5.11 Å². The topological polar surface area (TPSA) is 77.9 Å². The predicted molar refractivity (Wildman–Crippen MR) is 68.4 cm³/mol. The van der Waals surface area contributed by atoms with Crippen molar-refractivity contribution in [2.45, 2.75) is 33.6 Å². The zero-order chi connectivity index (χ0) is 14.0. The minimum atomic E-state index is -3.49. The lowest BCUT2D eigenvalue weighted by Crippen LogP contribution is -2.63. The van der Waals surface area contributed by atoms with Gasteiger partial charge in [-0.25, -0.2) is 0 Å². The second-order valence-electron chi connectivity index (χ2n) is 5.04. The highest BCUT2D eigenvalue weighted by molar-refractivity contribution is 7.86. The Kier molecular flexibility index (Phi) is 4.74. The van der Waals surface area contributed by atoms with Crippen molar-refractivity contribution in [2.24, 2.45) is 5.41 Å². The summed E-state index contributed by atoms with van der Waals surface area (Å²) in [6.45, 7) is 6.52. The first-order chi connectivity index (χ1) is 8.28. The second-order valence-corrected chi connectivity index (χ2v) is 6.97. The molecule has 0 unspecified atom stereocenters. The third-order valence-electron chi connectivity index (χ3n) is 3.17. The van der Waals surface area contributed by atoms with Crippen molar-refractivity contribution >= 4 is 16.2 Å². The third-order valence-corrected chi connectivity index (χ3v) is 5.09. The lowest BCUT2D eigenvalue weighted by molar-refractivity contribution is -0.154. The molecule has 1 aliphatic heterocycles. The van der Waals surface area contributed by atoms with Gasteiger partial charge in [0, 0.05) is 26.2 Å². The molecule has 0 saturated carbocycles. The molecule has 0 atom stereocenters. The Morgan fingerprint density at radius 3 is 2.06 bits per heavy atom. The SMILES string of the molecule is CCCN(CCC)S(=O)(=O)N1CC(C)(C(=O)O)C1. The molecule has 1 fully saturated rings. The van der Waals surface area contributed by atoms with E-state index in [4.69, 9.17) is 5.11 Å². The van der Waals surface area contributed by atoms with E-state index in [1.54, 1.807) is 6.92 Å². The summed E-state index contributed by atoms with van der Waals surface area (Å²) >= 11 is 0. The van der Waals surface area contributed by atoms with Crippen LogP contribution in [0.4, 0.5) is 0 Å². The maximum atomic E-state index is 12.3. The molecule has 0 spiro atoms. The van der Waals surface area contributed by atoms with E-state index in [1.807, 2.05) is 13.8 Å². The largest absolute Gasteiger partial charge is 0.481 e. The first-order valence-electron chi connectivity index (χ1n) is 6.26. The molecular formula is C11H22N2O4S. The van der Waals surface area contributed by atoms with Crippen LogP contribution in [0.3, 0.4) is 0 Å². The van der Waals surface area contributed by atoms with E-state index < -0.39 is 21.6 Å². The van der Waals surface area contributed by atoms with Gasteiger partial charge >= 0.3 is 5.97 Å². The van der Waals surface area contributed by atoms with Gasteiger partial charge in [0.1, 0.15) is 0 Å². The number of carbonyl (C=O) groups is 1. The Labute approximate surface area is 109 Å². The molecule has 0 amide bonds. The Morgan fingerprint density at radius 2 is 1.72 bits per heavy atom. The molecule has 1 N–H and O–H groups in total. The minimum Gasteiger partial charge on any atom is -0.481 e. The van der Waals surface area contributed by atoms with Gasteiger partial charge in [0.2, 0.25) is 0 Å². The summed E-state index contributed by atoms with van der Waals surface area (Å²) in [4.78, 5) is 11.0. The van der Waals surface area contributed by atoms with Crippen LogP contribution in [0.2, 0.25) is 0 Å². The van der Waals surface area contributed by atoms with Crippen LogP contribution in [-0.2, 0) is 15.0 Å². The summed E-state index contributed by atoms with van der Waals surface area (Å²) < 4.78 is 27.2. The summed E-state index contributed by atoms with van der Waals surface area (Å²) in [7, 11) is -3.49. The van der Waals surface area contributed by atoms with Crippen LogP contribution in [0.1, 0.15) is 33.6 Å². The van der Waals surface area contributed by atoms with E-state index in [9.17, 15) is 13.2 Å². The van der Waals surface area contributed by atoms with Crippen LogP contribution in [0.25, 0.3) is 0 Å². The van der Waals surface area contributed by atoms with Crippen molar-refractivity contribution in [1.29, 1.82) is 0 Å². The van der Waals surface area contributed by atoms with Crippen molar-refractivity contribution in [2.75, 3.05) is 26.2 Å². The fourth-order valence-electron chi connectivity index (χ4n) is 2.04. The number of rotatable bonds is 7. The Balaban J connectivity index is 2.74. The van der Waals surface area contributed by atoms with Crippen molar-refractivity contribution < 1.29 is 18.3 Å². The zero-order valence-corrected chi connectivity index (χ0v) is 12.0. The number of carboxylic acids is 1. The molecule has 18 heavy (non-hydrogen) atoms. The number of hydrogen-bond donors (Lipinski definition) is 1. The van der Waals surface area contributed by atoms with Gasteiger partial charge in [-0.1, -0.05) is 13.8 Å². The maximum Gasteiger partial charge on any atom is 0.312 e. The lowest BCUT2D eigenvalue weighted by atomic mass is 9.84. The first-order valence-corrected chi connectivity index (χ1v) is 7.66. The average Bonchev–Trinajstić information content (AvgIpc) is 2.24. The van der Waals surface area contributed by atoms with Crippen LogP contribution in [0, 0.1) is 5.41 Å². The Hall–Kier alpha value is -0.660. The Morgan fingerprint density at radius 1 is 1.28 bits per heavy atom. The van der Waals surface area contributed by atoms with Gasteiger partial charge in [-0.3, -0.25) is 4.79 Å². The monoisotopic (exact) mass is 278 g/mol. The molecule has 6 nitrogen and oxygen atoms in total. The van der Waals surface area contributed by atoms with Gasteiger partial charge in [0.15, 0.2) is 0 Å². The number of nitrogens with zero attached hydrogens (tertiary/aromatic N) is 2. The molecule has 0 aromatic heterocycles. The molecule has 0 aromatic rings. The summed E-state index contributed by atoms with van der Waals surface area (Å²) in [6.07, 6.45) is 1.51. The van der Waals surface area contributed by atoms with E-state index >= 15 is 0 Å². The van der Waals surface area contributed by atoms with Crippen LogP contribution in [0.5, 0.6) is 0 Å². The van der Waals surface area contributed by atoms with E-state index in [0.29, 0.717) is 13.1 Å². The molecule has 7 heteroatoms. The highest BCUT2D eigenvalue weighted by atomic mass is 32.2. The lowest BCUT2D eigenvalue weighted by Gasteiger charge is -2.45. The number of carboxylic acid groups (broad SMARTS) is 1. The van der Waals surface area contributed by atoms with Crippen LogP contribution in [-0.4, -0.2) is 54.3 Å². The van der Waals surface area contributed by atoms with Crippen molar-refractivity contribution in [1.82, 2.24) is 8.61 Å². The second kappa shape index (κ2) is 5.54. The number of aliphatic carboxylic acids is 1. The quantitative estimate of drug-likeness (QED) is 0.746. The van der Waals surface area contributed by atoms with E-state index in [0.717, 1.165) is 12.8 Å². The summed E-state index contributed by atoms with van der Waals surface area (Å²) in [6, 6.07) is 0.